The van der Waals surface area contributed by atoms with E-state index < -0.39 is 0 Å². The van der Waals surface area contributed by atoms with Gasteiger partial charge in [-0.3, -0.25) is 4.79 Å². The number of terminal acetylenes is 1. The highest BCUT2D eigenvalue weighted by Gasteiger charge is 2.10. The van der Waals surface area contributed by atoms with E-state index in [2.05, 4.69) is 16.2 Å². The van der Waals surface area contributed by atoms with Crippen LogP contribution in [-0.4, -0.2) is 21.5 Å². The van der Waals surface area contributed by atoms with Gasteiger partial charge in [-0.15, -0.1) is 6.42 Å². The molecule has 68 valence electrons. The zero-order valence-electron chi connectivity index (χ0n) is 7.61. The first-order chi connectivity index (χ1) is 6.15. The smallest absolute Gasteiger partial charge is 0.270 e. The number of hydrogen-bond donors (Lipinski definition) is 1. The summed E-state index contributed by atoms with van der Waals surface area (Å²) >= 11 is 0. The molecule has 0 aliphatic carbocycles. The maximum atomic E-state index is 11.4. The molecule has 0 aliphatic rings. The maximum absolute atomic E-state index is 11.4. The van der Waals surface area contributed by atoms with E-state index in [1.807, 2.05) is 0 Å². The molecule has 1 atom stereocenters. The summed E-state index contributed by atoms with van der Waals surface area (Å²) in [6, 6.07) is -0.262. The van der Waals surface area contributed by atoms with Crippen molar-refractivity contribution in [2.45, 2.75) is 13.0 Å². The molecule has 13 heavy (non-hydrogen) atoms. The van der Waals surface area contributed by atoms with E-state index in [4.69, 9.17) is 6.42 Å². The number of carbonyl (C=O) groups excluding carboxylic acids is 1. The fraction of sp³-hybridized carbons (Fsp3) is 0.333. The fourth-order valence-electron chi connectivity index (χ4n) is 0.888. The Morgan fingerprint density at radius 2 is 2.54 bits per heavy atom. The highest BCUT2D eigenvalue weighted by molar-refractivity contribution is 5.92. The number of hydrogen-bond acceptors (Lipinski definition) is 2. The monoisotopic (exact) mass is 177 g/mol. The van der Waals surface area contributed by atoms with E-state index in [0.29, 0.717) is 5.69 Å². The van der Waals surface area contributed by atoms with Gasteiger partial charge in [0.2, 0.25) is 0 Å². The Morgan fingerprint density at radius 1 is 1.85 bits per heavy atom. The minimum atomic E-state index is -0.262. The van der Waals surface area contributed by atoms with Gasteiger partial charge in [-0.1, -0.05) is 5.92 Å². The molecule has 1 rings (SSSR count). The molecule has 0 aromatic carbocycles. The van der Waals surface area contributed by atoms with E-state index >= 15 is 0 Å². The second kappa shape index (κ2) is 3.76. The lowest BCUT2D eigenvalue weighted by atomic mass is 10.3. The number of imidazole rings is 1. The van der Waals surface area contributed by atoms with Gasteiger partial charge in [-0.2, -0.15) is 0 Å². The summed E-state index contributed by atoms with van der Waals surface area (Å²) in [5, 5.41) is 2.64. The van der Waals surface area contributed by atoms with Crippen LogP contribution in [0.15, 0.2) is 12.5 Å². The second-order valence-electron chi connectivity index (χ2n) is 2.75. The zero-order valence-corrected chi connectivity index (χ0v) is 7.61. The van der Waals surface area contributed by atoms with Crippen molar-refractivity contribution in [3.8, 4) is 12.3 Å². The molecule has 0 saturated carbocycles. The predicted molar refractivity (Wildman–Crippen MR) is 49.0 cm³/mol. The van der Waals surface area contributed by atoms with Crippen LogP contribution < -0.4 is 5.32 Å². The van der Waals surface area contributed by atoms with Crippen molar-refractivity contribution in [3.63, 3.8) is 0 Å². The molecule has 1 aromatic rings. The minimum Gasteiger partial charge on any atom is -0.337 e. The summed E-state index contributed by atoms with van der Waals surface area (Å²) in [5.41, 5.74) is 0.502. The summed E-state index contributed by atoms with van der Waals surface area (Å²) < 4.78 is 1.64. The van der Waals surface area contributed by atoms with Crippen molar-refractivity contribution in [1.29, 1.82) is 0 Å². The average molecular weight is 177 g/mol. The largest absolute Gasteiger partial charge is 0.337 e. The van der Waals surface area contributed by atoms with Gasteiger partial charge < -0.3 is 9.88 Å². The number of rotatable bonds is 2. The Hall–Kier alpha value is -1.76. The number of nitrogens with zero attached hydrogens (tertiary/aromatic N) is 2. The third-order valence-electron chi connectivity index (χ3n) is 1.65. The minimum absolute atomic E-state index is 0.203. The Kier molecular flexibility index (Phi) is 2.70. The van der Waals surface area contributed by atoms with E-state index in [9.17, 15) is 4.79 Å². The summed E-state index contributed by atoms with van der Waals surface area (Å²) in [5.74, 6) is 2.21. The predicted octanol–water partition coefficient (Wildman–Crippen LogP) is 0.172. The Morgan fingerprint density at radius 3 is 3.00 bits per heavy atom. The topological polar surface area (TPSA) is 46.9 Å². The lowest BCUT2D eigenvalue weighted by Gasteiger charge is -2.07. The molecule has 1 N–H and O–H groups in total. The van der Waals surface area contributed by atoms with Crippen molar-refractivity contribution in [1.82, 2.24) is 14.9 Å². The Labute approximate surface area is 77.0 Å². The molecular weight excluding hydrogens is 166 g/mol. The normalized spacial score (nSPS) is 11.8. The zero-order chi connectivity index (χ0) is 9.84. The van der Waals surface area contributed by atoms with Crippen molar-refractivity contribution < 1.29 is 4.79 Å². The van der Waals surface area contributed by atoms with Gasteiger partial charge in [0.05, 0.1) is 18.6 Å². The van der Waals surface area contributed by atoms with Crippen LogP contribution in [0.5, 0.6) is 0 Å². The van der Waals surface area contributed by atoms with Crippen LogP contribution in [-0.2, 0) is 7.05 Å². The van der Waals surface area contributed by atoms with Gasteiger partial charge in [0, 0.05) is 7.05 Å². The summed E-state index contributed by atoms with van der Waals surface area (Å²) in [7, 11) is 1.75. The van der Waals surface area contributed by atoms with Gasteiger partial charge in [0.25, 0.3) is 5.91 Å². The first-order valence-electron chi connectivity index (χ1n) is 3.88. The first-order valence-corrected chi connectivity index (χ1v) is 3.88. The highest BCUT2D eigenvalue weighted by atomic mass is 16.2. The molecule has 0 spiro atoms. The number of amides is 1. The molecule has 1 heterocycles. The van der Waals surface area contributed by atoms with Crippen molar-refractivity contribution in [2.24, 2.45) is 7.05 Å². The van der Waals surface area contributed by atoms with Crippen LogP contribution in [0.4, 0.5) is 0 Å². The fourth-order valence-corrected chi connectivity index (χ4v) is 0.888. The molecule has 1 amide bonds. The SMILES string of the molecule is C#CC(C)NC(=O)c1cncn1C. The van der Waals surface area contributed by atoms with E-state index in [0.717, 1.165) is 0 Å². The molecule has 0 aliphatic heterocycles. The number of carbonyl (C=O) groups is 1. The summed E-state index contributed by atoms with van der Waals surface area (Å²) in [4.78, 5) is 15.3. The highest BCUT2D eigenvalue weighted by Crippen LogP contribution is 1.96. The van der Waals surface area contributed by atoms with Crippen LogP contribution in [0.1, 0.15) is 17.4 Å². The van der Waals surface area contributed by atoms with E-state index in [1.54, 1.807) is 24.9 Å². The summed E-state index contributed by atoms with van der Waals surface area (Å²) in [6.45, 7) is 1.74. The van der Waals surface area contributed by atoms with Gasteiger partial charge in [-0.25, -0.2) is 4.98 Å². The van der Waals surface area contributed by atoms with Crippen molar-refractivity contribution >= 4 is 5.91 Å². The molecule has 1 unspecified atom stereocenters. The number of aryl methyl sites for hydroxylation is 1. The van der Waals surface area contributed by atoms with Crippen molar-refractivity contribution in [3.05, 3.63) is 18.2 Å². The van der Waals surface area contributed by atoms with E-state index in [-0.39, 0.29) is 11.9 Å². The number of aromatic nitrogens is 2. The van der Waals surface area contributed by atoms with Crippen LogP contribution >= 0.6 is 0 Å². The van der Waals surface area contributed by atoms with Crippen LogP contribution in [0.3, 0.4) is 0 Å². The molecule has 0 bridgehead atoms. The van der Waals surface area contributed by atoms with Gasteiger partial charge in [0.15, 0.2) is 0 Å². The standard InChI is InChI=1S/C9H11N3O/c1-4-7(2)11-9(13)8-5-10-6-12(8)3/h1,5-7H,2-3H3,(H,11,13). The molecular formula is C9H11N3O. The van der Waals surface area contributed by atoms with Gasteiger partial charge >= 0.3 is 0 Å². The average Bonchev–Trinajstić information content (AvgIpc) is 2.51. The molecule has 1 aromatic heterocycles. The molecule has 0 fully saturated rings. The lowest BCUT2D eigenvalue weighted by Crippen LogP contribution is -2.32. The van der Waals surface area contributed by atoms with Crippen molar-refractivity contribution in [2.75, 3.05) is 0 Å². The molecule has 4 heteroatoms. The van der Waals surface area contributed by atoms with Crippen LogP contribution in [0, 0.1) is 12.3 Å². The number of nitrogens with one attached hydrogen (secondary N) is 1. The van der Waals surface area contributed by atoms with Gasteiger partial charge in [-0.05, 0) is 6.92 Å². The van der Waals surface area contributed by atoms with Crippen LogP contribution in [0.25, 0.3) is 0 Å². The van der Waals surface area contributed by atoms with Crippen LogP contribution in [0.2, 0.25) is 0 Å². The van der Waals surface area contributed by atoms with Gasteiger partial charge in [0.1, 0.15) is 5.69 Å². The first kappa shape index (κ1) is 9.33. The maximum Gasteiger partial charge on any atom is 0.270 e. The molecule has 0 saturated heterocycles. The second-order valence-corrected chi connectivity index (χ2v) is 2.75. The molecule has 0 radical (unpaired) electrons. The van der Waals surface area contributed by atoms with E-state index in [1.165, 1.54) is 6.20 Å². The summed E-state index contributed by atoms with van der Waals surface area (Å²) in [6.07, 6.45) is 8.19. The third-order valence-corrected chi connectivity index (χ3v) is 1.65. The third kappa shape index (κ3) is 2.09. The quantitative estimate of drug-likeness (QED) is 0.655. The lowest BCUT2D eigenvalue weighted by molar-refractivity contribution is 0.0940. The Balaban J connectivity index is 2.71. The Bertz CT molecular complexity index is 348. The molecule has 4 nitrogen and oxygen atoms in total.